The van der Waals surface area contributed by atoms with Gasteiger partial charge in [0, 0.05) is 9.17 Å². The second-order valence-corrected chi connectivity index (χ2v) is 0.750. The van der Waals surface area contributed by atoms with Crippen LogP contribution in [0.15, 0.2) is 0 Å². The van der Waals surface area contributed by atoms with Crippen molar-refractivity contribution in [2.45, 2.75) is 0 Å². The molecule has 0 aliphatic rings. The van der Waals surface area contributed by atoms with Crippen LogP contribution < -0.4 is 61.0 Å². The van der Waals surface area contributed by atoms with Gasteiger partial charge in [-0.25, -0.2) is 0 Å². The third-order valence-electron chi connectivity index (χ3n) is 0. The Bertz CT molecular complexity index is 33.8. The van der Waals surface area contributed by atoms with Crippen LogP contribution in [-0.2, 0) is 21.5 Å². The Kier molecular flexibility index (Phi) is 25.8. The maximum Gasteiger partial charge on any atom is 1.00 e. The number of hydrogen-bond acceptors (Lipinski definition) is 3. The summed E-state index contributed by atoms with van der Waals surface area (Å²) in [6.45, 7) is 0. The molecule has 0 aromatic carbocycles. The third kappa shape index (κ3) is 41.8. The average Bonchev–Trinajstić information content (AvgIpc) is 0.811. The minimum Gasteiger partial charge on any atom is -0.672 e. The van der Waals surface area contributed by atoms with E-state index >= 15 is 0 Å². The van der Waals surface area contributed by atoms with E-state index in [1.807, 2.05) is 0 Å². The van der Waals surface area contributed by atoms with E-state index in [1.165, 1.54) is 0 Å². The predicted molar refractivity (Wildman–Crippen MR) is 6.44 cm³/mol. The Hall–Kier alpha value is 1.77. The summed E-state index contributed by atoms with van der Waals surface area (Å²) in [6.07, 6.45) is 0. The zero-order valence-electron chi connectivity index (χ0n) is 3.03. The van der Waals surface area contributed by atoms with Crippen molar-refractivity contribution in [2.24, 2.45) is 0 Å². The van der Waals surface area contributed by atoms with E-state index in [0.717, 1.165) is 0 Å². The van der Waals surface area contributed by atoms with Gasteiger partial charge in [0.15, 0.2) is 0 Å². The van der Waals surface area contributed by atoms with E-state index in [9.17, 15) is 0 Å². The molecular formula is CuKO3Si. The molecule has 6 heavy (non-hydrogen) atoms. The fourth-order valence-corrected chi connectivity index (χ4v) is 0. The van der Waals surface area contributed by atoms with Gasteiger partial charge in [0.1, 0.15) is 0 Å². The van der Waals surface area contributed by atoms with Gasteiger partial charge in [-0.2, -0.15) is 0 Å². The maximum atomic E-state index is 8.52. The minimum atomic E-state index is -3.63. The Morgan fingerprint density at radius 2 is 1.33 bits per heavy atom. The zero-order valence-corrected chi connectivity index (χ0v) is 8.09. The number of rotatable bonds is 0. The molecule has 0 N–H and O–H groups in total. The van der Waals surface area contributed by atoms with Crippen molar-refractivity contribution in [1.82, 2.24) is 0 Å². The van der Waals surface area contributed by atoms with Crippen molar-refractivity contribution in [3.63, 3.8) is 0 Å². The quantitative estimate of drug-likeness (QED) is 0.347. The molecule has 0 aliphatic heterocycles. The van der Waals surface area contributed by atoms with Gasteiger partial charge in [-0.15, -0.1) is 0 Å². The number of hydrogen-bond donors (Lipinski definition) is 0. The summed E-state index contributed by atoms with van der Waals surface area (Å²) in [6, 6.07) is 0. The first kappa shape index (κ1) is 15.7. The molecule has 0 radical (unpaired) electrons. The first-order valence-electron chi connectivity index (χ1n) is 0.612. The molecule has 0 aliphatic carbocycles. The van der Waals surface area contributed by atoms with E-state index in [1.54, 1.807) is 0 Å². The average molecular weight is 179 g/mol. The Morgan fingerprint density at radius 1 is 1.33 bits per heavy atom. The topological polar surface area (TPSA) is 63.2 Å². The molecule has 0 fully saturated rings. The van der Waals surface area contributed by atoms with E-state index in [-0.39, 0.29) is 68.5 Å². The van der Waals surface area contributed by atoms with Crippen molar-refractivity contribution in [3.8, 4) is 0 Å². The molecule has 0 atom stereocenters. The van der Waals surface area contributed by atoms with Gasteiger partial charge in [-0.3, -0.25) is 0 Å². The summed E-state index contributed by atoms with van der Waals surface area (Å²) in [7, 11) is -3.63. The van der Waals surface area contributed by atoms with Crippen LogP contribution in [0, 0.1) is 0 Å². The summed E-state index contributed by atoms with van der Waals surface area (Å²) < 4.78 is 8.52. The van der Waals surface area contributed by atoms with Gasteiger partial charge >= 0.3 is 68.5 Å². The first-order valence-corrected chi connectivity index (χ1v) is 1.84. The van der Waals surface area contributed by atoms with E-state index in [4.69, 9.17) is 14.1 Å². The normalized spacial score (nSPS) is 4.00. The van der Waals surface area contributed by atoms with Crippen LogP contribution in [0.4, 0.5) is 0 Å². The van der Waals surface area contributed by atoms with E-state index in [0.29, 0.717) is 0 Å². The van der Waals surface area contributed by atoms with Crippen LogP contribution in [0.3, 0.4) is 0 Å². The Morgan fingerprint density at radius 3 is 1.33 bits per heavy atom. The van der Waals surface area contributed by atoms with Crippen LogP contribution in [0.5, 0.6) is 0 Å². The molecule has 0 heterocycles. The van der Waals surface area contributed by atoms with E-state index < -0.39 is 9.17 Å². The molecule has 0 saturated heterocycles. The second-order valence-electron chi connectivity index (χ2n) is 0.250. The van der Waals surface area contributed by atoms with Gasteiger partial charge in [0.2, 0.25) is 0 Å². The monoisotopic (exact) mass is 178 g/mol. The molecule has 0 aromatic heterocycles. The smallest absolute Gasteiger partial charge is 0.672 e. The van der Waals surface area contributed by atoms with Crippen molar-refractivity contribution >= 4 is 9.17 Å². The molecule has 3 nitrogen and oxygen atoms in total. The zero-order chi connectivity index (χ0) is 3.58. The Labute approximate surface area is 89.9 Å². The van der Waals surface area contributed by atoms with E-state index in [2.05, 4.69) is 0 Å². The first-order chi connectivity index (χ1) is 1.73. The van der Waals surface area contributed by atoms with Crippen molar-refractivity contribution < 1.29 is 82.5 Å². The molecule has 0 spiro atoms. The summed E-state index contributed by atoms with van der Waals surface area (Å²) in [5.41, 5.74) is 0. The molecule has 0 rings (SSSR count). The fourth-order valence-electron chi connectivity index (χ4n) is 0. The van der Waals surface area contributed by atoms with Crippen LogP contribution >= 0.6 is 0 Å². The summed E-state index contributed by atoms with van der Waals surface area (Å²) >= 11 is 0. The molecule has 6 heteroatoms. The summed E-state index contributed by atoms with van der Waals surface area (Å²) in [5.74, 6) is 0. The minimum absolute atomic E-state index is 0. The van der Waals surface area contributed by atoms with Crippen molar-refractivity contribution in [2.75, 3.05) is 0 Å². The van der Waals surface area contributed by atoms with Crippen LogP contribution in [-0.4, -0.2) is 9.17 Å². The predicted octanol–water partition coefficient (Wildman–Crippen LogP) is -5.88. The second kappa shape index (κ2) is 9.91. The molecule has 0 saturated carbocycles. The SMILES string of the molecule is O=[Si]([O-])[O-].[Cu+].[K+]. The Balaban J connectivity index is -0.0000000450. The van der Waals surface area contributed by atoms with Gasteiger partial charge in [0.05, 0.1) is 0 Å². The largest absolute Gasteiger partial charge is 1.00 e. The van der Waals surface area contributed by atoms with Gasteiger partial charge in [-0.1, -0.05) is 0 Å². The third-order valence-corrected chi connectivity index (χ3v) is 0. The molecule has 0 amide bonds. The van der Waals surface area contributed by atoms with Crippen LogP contribution in [0.25, 0.3) is 0 Å². The maximum absolute atomic E-state index is 8.52. The molecule has 0 bridgehead atoms. The molecule has 0 unspecified atom stereocenters. The molecular weight excluding hydrogens is 179 g/mol. The molecule has 0 aromatic rings. The van der Waals surface area contributed by atoms with Crippen LogP contribution in [0.2, 0.25) is 0 Å². The summed E-state index contributed by atoms with van der Waals surface area (Å²) in [4.78, 5) is 17.0. The van der Waals surface area contributed by atoms with Gasteiger partial charge in [0.25, 0.3) is 0 Å². The molecule has 34 valence electrons. The fraction of sp³-hybridized carbons (Fsp3) is 0. The van der Waals surface area contributed by atoms with Gasteiger partial charge in [-0.05, 0) is 0 Å². The van der Waals surface area contributed by atoms with Crippen LogP contribution in [0.1, 0.15) is 0 Å². The summed E-state index contributed by atoms with van der Waals surface area (Å²) in [5, 5.41) is 0. The standard InChI is InChI=1S/Cu.K.O3Si/c;;1-4(2)3/q2*+1;-2. The van der Waals surface area contributed by atoms with Crippen molar-refractivity contribution in [1.29, 1.82) is 0 Å². The van der Waals surface area contributed by atoms with Crippen molar-refractivity contribution in [3.05, 3.63) is 0 Å². The van der Waals surface area contributed by atoms with Gasteiger partial charge < -0.3 is 14.1 Å².